The monoisotopic (exact) mass is 210 g/mol. The Morgan fingerprint density at radius 1 is 1.58 bits per heavy atom. The van der Waals surface area contributed by atoms with E-state index >= 15 is 0 Å². The summed E-state index contributed by atoms with van der Waals surface area (Å²) in [4.78, 5) is 0.0263. The summed E-state index contributed by atoms with van der Waals surface area (Å²) in [6, 6.07) is 0. The Balaban J connectivity index is 4.61. The van der Waals surface area contributed by atoms with E-state index in [1.807, 2.05) is 0 Å². The number of rotatable bonds is 5. The zero-order valence-corrected chi connectivity index (χ0v) is 8.83. The third-order valence-electron chi connectivity index (χ3n) is 1.41. The molecule has 6 heteroatoms. The summed E-state index contributed by atoms with van der Waals surface area (Å²) in [5, 5.41) is -0.743. The van der Waals surface area contributed by atoms with E-state index in [4.69, 9.17) is 5.73 Å². The SMILES string of the molecule is CCNS(=O)(=O)C(CC)C(N)=S. The van der Waals surface area contributed by atoms with Gasteiger partial charge in [-0.05, 0) is 6.42 Å². The third-order valence-corrected chi connectivity index (χ3v) is 3.87. The highest BCUT2D eigenvalue weighted by Crippen LogP contribution is 2.03. The van der Waals surface area contributed by atoms with Crippen LogP contribution in [0.2, 0.25) is 0 Å². The van der Waals surface area contributed by atoms with E-state index in [0.29, 0.717) is 13.0 Å². The van der Waals surface area contributed by atoms with Crippen LogP contribution in [0.15, 0.2) is 0 Å². The van der Waals surface area contributed by atoms with Gasteiger partial charge in [0, 0.05) is 6.54 Å². The van der Waals surface area contributed by atoms with Crippen molar-refractivity contribution in [3.8, 4) is 0 Å². The van der Waals surface area contributed by atoms with E-state index < -0.39 is 15.3 Å². The van der Waals surface area contributed by atoms with Crippen molar-refractivity contribution in [3.05, 3.63) is 0 Å². The van der Waals surface area contributed by atoms with Crippen LogP contribution in [-0.2, 0) is 10.0 Å². The van der Waals surface area contributed by atoms with Crippen LogP contribution in [0, 0.1) is 0 Å². The van der Waals surface area contributed by atoms with Crippen molar-refractivity contribution >= 4 is 27.2 Å². The van der Waals surface area contributed by atoms with Crippen molar-refractivity contribution in [1.29, 1.82) is 0 Å². The van der Waals surface area contributed by atoms with Crippen LogP contribution in [0.5, 0.6) is 0 Å². The number of hydrogen-bond donors (Lipinski definition) is 2. The number of hydrogen-bond acceptors (Lipinski definition) is 3. The molecule has 72 valence electrons. The van der Waals surface area contributed by atoms with Gasteiger partial charge in [-0.2, -0.15) is 0 Å². The van der Waals surface area contributed by atoms with E-state index in [9.17, 15) is 8.42 Å². The zero-order chi connectivity index (χ0) is 9.78. The van der Waals surface area contributed by atoms with Gasteiger partial charge >= 0.3 is 0 Å². The molecule has 0 fully saturated rings. The summed E-state index contributed by atoms with van der Waals surface area (Å²) >= 11 is 4.64. The second-order valence-electron chi connectivity index (χ2n) is 2.34. The van der Waals surface area contributed by atoms with Crippen molar-refractivity contribution in [3.63, 3.8) is 0 Å². The lowest BCUT2D eigenvalue weighted by molar-refractivity contribution is 0.577. The average Bonchev–Trinajstić information content (AvgIpc) is 1.86. The fourth-order valence-electron chi connectivity index (χ4n) is 0.875. The lowest BCUT2D eigenvalue weighted by Crippen LogP contribution is -2.41. The molecule has 1 unspecified atom stereocenters. The number of nitrogens with one attached hydrogen (secondary N) is 1. The summed E-state index contributed by atoms with van der Waals surface area (Å²) in [7, 11) is -3.34. The van der Waals surface area contributed by atoms with Gasteiger partial charge < -0.3 is 5.73 Å². The topological polar surface area (TPSA) is 72.2 Å². The minimum atomic E-state index is -3.34. The summed E-state index contributed by atoms with van der Waals surface area (Å²) in [6.07, 6.45) is 0.407. The quantitative estimate of drug-likeness (QED) is 0.626. The molecule has 0 aliphatic heterocycles. The van der Waals surface area contributed by atoms with Crippen molar-refractivity contribution in [2.24, 2.45) is 5.73 Å². The minimum Gasteiger partial charge on any atom is -0.392 e. The smallest absolute Gasteiger partial charge is 0.220 e. The standard InChI is InChI=1S/C6H14N2O2S2/c1-3-5(6(7)11)12(9,10)8-4-2/h5,8H,3-4H2,1-2H3,(H2,7,11). The van der Waals surface area contributed by atoms with Crippen LogP contribution < -0.4 is 10.5 Å². The Labute approximate surface area is 78.6 Å². The van der Waals surface area contributed by atoms with Crippen molar-refractivity contribution in [1.82, 2.24) is 4.72 Å². The van der Waals surface area contributed by atoms with E-state index in [-0.39, 0.29) is 4.99 Å². The molecule has 0 saturated carbocycles. The minimum absolute atomic E-state index is 0.0263. The maximum absolute atomic E-state index is 11.3. The molecule has 0 radical (unpaired) electrons. The van der Waals surface area contributed by atoms with Crippen LogP contribution in [0.1, 0.15) is 20.3 Å². The van der Waals surface area contributed by atoms with Gasteiger partial charge in [-0.15, -0.1) is 0 Å². The summed E-state index contributed by atoms with van der Waals surface area (Å²) in [5.41, 5.74) is 5.28. The first kappa shape index (κ1) is 11.8. The Morgan fingerprint density at radius 3 is 2.33 bits per heavy atom. The van der Waals surface area contributed by atoms with Gasteiger partial charge in [0.2, 0.25) is 10.0 Å². The number of nitrogens with two attached hydrogens (primary N) is 1. The van der Waals surface area contributed by atoms with Gasteiger partial charge in [0.05, 0.1) is 4.99 Å². The Morgan fingerprint density at radius 2 is 2.08 bits per heavy atom. The number of thiocarbonyl (C=S) groups is 1. The molecule has 0 aromatic carbocycles. The first-order valence-corrected chi connectivity index (χ1v) is 5.69. The van der Waals surface area contributed by atoms with E-state index in [1.54, 1.807) is 13.8 Å². The van der Waals surface area contributed by atoms with Gasteiger partial charge in [-0.1, -0.05) is 26.1 Å². The predicted molar refractivity (Wildman–Crippen MR) is 53.5 cm³/mol. The Kier molecular flexibility index (Phi) is 4.66. The molecule has 0 amide bonds. The molecule has 3 N–H and O–H groups in total. The van der Waals surface area contributed by atoms with Crippen LogP contribution in [0.4, 0.5) is 0 Å². The third kappa shape index (κ3) is 3.04. The molecule has 0 heterocycles. The molecular formula is C6H14N2O2S2. The van der Waals surface area contributed by atoms with Crippen LogP contribution in [0.3, 0.4) is 0 Å². The van der Waals surface area contributed by atoms with Gasteiger partial charge in [-0.25, -0.2) is 13.1 Å². The molecule has 0 rings (SSSR count). The molecule has 0 aromatic rings. The first-order chi connectivity index (χ1) is 5.45. The maximum Gasteiger partial charge on any atom is 0.220 e. The van der Waals surface area contributed by atoms with Crippen molar-refractivity contribution in [2.45, 2.75) is 25.5 Å². The highest BCUT2D eigenvalue weighted by Gasteiger charge is 2.24. The first-order valence-electron chi connectivity index (χ1n) is 3.73. The normalized spacial score (nSPS) is 14.2. The number of sulfonamides is 1. The molecule has 0 spiro atoms. The largest absolute Gasteiger partial charge is 0.392 e. The molecule has 1 atom stereocenters. The van der Waals surface area contributed by atoms with Crippen LogP contribution >= 0.6 is 12.2 Å². The highest BCUT2D eigenvalue weighted by molar-refractivity contribution is 7.93. The van der Waals surface area contributed by atoms with Crippen molar-refractivity contribution in [2.75, 3.05) is 6.54 Å². The molecular weight excluding hydrogens is 196 g/mol. The fraction of sp³-hybridized carbons (Fsp3) is 0.833. The molecule has 0 aliphatic rings. The zero-order valence-electron chi connectivity index (χ0n) is 7.20. The Bertz CT molecular complexity index is 248. The highest BCUT2D eigenvalue weighted by atomic mass is 32.2. The summed E-state index contributed by atoms with van der Waals surface area (Å²) < 4.78 is 25.0. The van der Waals surface area contributed by atoms with E-state index in [1.165, 1.54) is 0 Å². The van der Waals surface area contributed by atoms with Gasteiger partial charge in [0.25, 0.3) is 0 Å². The average molecular weight is 210 g/mol. The Hall–Kier alpha value is -0.200. The fourth-order valence-corrected chi connectivity index (χ4v) is 2.77. The second-order valence-corrected chi connectivity index (χ2v) is 4.76. The molecule has 0 aliphatic carbocycles. The van der Waals surface area contributed by atoms with Gasteiger partial charge in [0.15, 0.2) is 0 Å². The molecule has 0 saturated heterocycles. The maximum atomic E-state index is 11.3. The summed E-state index contributed by atoms with van der Waals surface area (Å²) in [5.74, 6) is 0. The van der Waals surface area contributed by atoms with Crippen LogP contribution in [0.25, 0.3) is 0 Å². The van der Waals surface area contributed by atoms with E-state index in [0.717, 1.165) is 0 Å². The summed E-state index contributed by atoms with van der Waals surface area (Å²) in [6.45, 7) is 3.81. The van der Waals surface area contributed by atoms with Gasteiger partial charge in [-0.3, -0.25) is 0 Å². The van der Waals surface area contributed by atoms with Crippen LogP contribution in [-0.4, -0.2) is 25.2 Å². The molecule has 12 heavy (non-hydrogen) atoms. The molecule has 0 bridgehead atoms. The van der Waals surface area contributed by atoms with Crippen molar-refractivity contribution < 1.29 is 8.42 Å². The molecule has 0 aromatic heterocycles. The predicted octanol–water partition coefficient (Wildman–Crippen LogP) is -0.00960. The second kappa shape index (κ2) is 4.74. The lowest BCUT2D eigenvalue weighted by atomic mass is 10.3. The van der Waals surface area contributed by atoms with E-state index in [2.05, 4.69) is 16.9 Å². The van der Waals surface area contributed by atoms with Gasteiger partial charge in [0.1, 0.15) is 5.25 Å². The molecule has 4 nitrogen and oxygen atoms in total. The lowest BCUT2D eigenvalue weighted by Gasteiger charge is -2.13.